The van der Waals surface area contributed by atoms with E-state index in [9.17, 15) is 0 Å². The van der Waals surface area contributed by atoms with Crippen LogP contribution in [0.15, 0.2) is 73.1 Å². The lowest BCUT2D eigenvalue weighted by molar-refractivity contribution is 1.33. The van der Waals surface area contributed by atoms with E-state index >= 15 is 0 Å². The third-order valence-electron chi connectivity index (χ3n) is 3.81. The summed E-state index contributed by atoms with van der Waals surface area (Å²) in [7, 11) is 0. The Morgan fingerprint density at radius 3 is 2.29 bits per heavy atom. The van der Waals surface area contributed by atoms with E-state index in [2.05, 4.69) is 41.4 Å². The van der Waals surface area contributed by atoms with E-state index < -0.39 is 0 Å². The molecule has 0 saturated carbocycles. The van der Waals surface area contributed by atoms with Crippen LogP contribution in [0.3, 0.4) is 0 Å². The highest BCUT2D eigenvalue weighted by Gasteiger charge is 2.08. The number of pyridine rings is 1. The van der Waals surface area contributed by atoms with Crippen LogP contribution in [0.4, 0.5) is 0 Å². The van der Waals surface area contributed by atoms with Crippen molar-refractivity contribution in [1.29, 1.82) is 0 Å². The summed E-state index contributed by atoms with van der Waals surface area (Å²) in [5.74, 6) is 0. The molecule has 0 fully saturated rings. The van der Waals surface area contributed by atoms with Gasteiger partial charge in [-0.1, -0.05) is 41.9 Å². The first-order chi connectivity index (χ1) is 10.3. The number of hydrogen-bond acceptors (Lipinski definition) is 1. The van der Waals surface area contributed by atoms with Crippen molar-refractivity contribution in [1.82, 2.24) is 4.98 Å². The van der Waals surface area contributed by atoms with Gasteiger partial charge in [-0.3, -0.25) is 4.98 Å². The van der Waals surface area contributed by atoms with Gasteiger partial charge >= 0.3 is 0 Å². The summed E-state index contributed by atoms with van der Waals surface area (Å²) in [5, 5.41) is 5.62. The molecule has 4 rings (SSSR count). The van der Waals surface area contributed by atoms with Crippen molar-refractivity contribution < 1.29 is 0 Å². The maximum atomic E-state index is 6.17. The first kappa shape index (κ1) is 12.4. The van der Waals surface area contributed by atoms with Crippen LogP contribution in [0.5, 0.6) is 0 Å². The molecular formula is C19H12ClN. The van der Waals surface area contributed by atoms with E-state index in [0.717, 1.165) is 5.02 Å². The summed E-state index contributed by atoms with van der Waals surface area (Å²) >= 11 is 6.17. The van der Waals surface area contributed by atoms with Crippen molar-refractivity contribution in [3.63, 3.8) is 0 Å². The van der Waals surface area contributed by atoms with Gasteiger partial charge in [0.1, 0.15) is 0 Å². The molecule has 0 amide bonds. The fraction of sp³-hybridized carbons (Fsp3) is 0. The topological polar surface area (TPSA) is 12.9 Å². The van der Waals surface area contributed by atoms with Crippen LogP contribution in [-0.4, -0.2) is 4.98 Å². The molecule has 0 bridgehead atoms. The second-order valence-electron chi connectivity index (χ2n) is 5.07. The van der Waals surface area contributed by atoms with Crippen LogP contribution in [-0.2, 0) is 0 Å². The zero-order chi connectivity index (χ0) is 14.2. The molecule has 0 aliphatic carbocycles. The highest BCUT2D eigenvalue weighted by atomic mass is 35.5. The number of fused-ring (bicyclic) bond motifs is 3. The molecule has 0 saturated heterocycles. The van der Waals surface area contributed by atoms with E-state index in [4.69, 9.17) is 11.6 Å². The van der Waals surface area contributed by atoms with E-state index in [1.807, 2.05) is 36.7 Å². The van der Waals surface area contributed by atoms with Crippen molar-refractivity contribution in [2.45, 2.75) is 0 Å². The third-order valence-corrected chi connectivity index (χ3v) is 4.05. The lowest BCUT2D eigenvalue weighted by Crippen LogP contribution is -1.85. The van der Waals surface area contributed by atoms with Gasteiger partial charge in [-0.05, 0) is 63.0 Å². The second-order valence-corrected chi connectivity index (χ2v) is 5.51. The van der Waals surface area contributed by atoms with Gasteiger partial charge in [0, 0.05) is 17.4 Å². The summed E-state index contributed by atoms with van der Waals surface area (Å²) in [6.45, 7) is 0. The minimum atomic E-state index is 0.768. The van der Waals surface area contributed by atoms with Crippen molar-refractivity contribution >= 4 is 33.1 Å². The summed E-state index contributed by atoms with van der Waals surface area (Å²) < 4.78 is 0. The Labute approximate surface area is 127 Å². The lowest BCUT2D eigenvalue weighted by atomic mass is 9.94. The minimum Gasteiger partial charge on any atom is -0.265 e. The fourth-order valence-electron chi connectivity index (χ4n) is 2.84. The fourth-order valence-corrected chi connectivity index (χ4v) is 3.02. The molecule has 4 aromatic rings. The highest BCUT2D eigenvalue weighted by molar-refractivity contribution is 6.32. The van der Waals surface area contributed by atoms with E-state index in [1.165, 1.54) is 32.7 Å². The summed E-state index contributed by atoms with van der Waals surface area (Å²) in [6, 6.07) is 20.8. The van der Waals surface area contributed by atoms with Crippen LogP contribution in [0, 0.1) is 0 Å². The Bertz CT molecular complexity index is 945. The largest absolute Gasteiger partial charge is 0.265 e. The molecule has 0 aliphatic heterocycles. The Morgan fingerprint density at radius 2 is 1.48 bits per heavy atom. The van der Waals surface area contributed by atoms with Gasteiger partial charge in [-0.15, -0.1) is 0 Å². The highest BCUT2D eigenvalue weighted by Crippen LogP contribution is 2.35. The molecule has 3 aromatic carbocycles. The van der Waals surface area contributed by atoms with Gasteiger partial charge in [0.05, 0.1) is 0 Å². The molecule has 0 N–H and O–H groups in total. The van der Waals surface area contributed by atoms with Gasteiger partial charge in [-0.25, -0.2) is 0 Å². The van der Waals surface area contributed by atoms with Gasteiger partial charge < -0.3 is 0 Å². The Balaban J connectivity index is 2.18. The molecule has 21 heavy (non-hydrogen) atoms. The number of aromatic nitrogens is 1. The standard InChI is InChI=1S/C19H12ClN/c20-15-6-5-14-11-18(13-7-9-21-10-8-13)16-3-1-2-4-17(16)19(14)12-15/h1-12H. The van der Waals surface area contributed by atoms with Crippen LogP contribution < -0.4 is 0 Å². The Kier molecular flexibility index (Phi) is 2.87. The SMILES string of the molecule is Clc1ccc2cc(-c3ccncc3)c3ccccc3c2c1. The van der Waals surface area contributed by atoms with Gasteiger partial charge in [-0.2, -0.15) is 0 Å². The molecule has 0 aliphatic rings. The van der Waals surface area contributed by atoms with Crippen LogP contribution in [0.2, 0.25) is 5.02 Å². The molecule has 0 radical (unpaired) electrons. The summed E-state index contributed by atoms with van der Waals surface area (Å²) in [5.41, 5.74) is 2.40. The van der Waals surface area contributed by atoms with Crippen LogP contribution in [0.25, 0.3) is 32.7 Å². The lowest BCUT2D eigenvalue weighted by Gasteiger charge is -2.11. The maximum absolute atomic E-state index is 6.17. The number of halogens is 1. The van der Waals surface area contributed by atoms with Gasteiger partial charge in [0.2, 0.25) is 0 Å². The first-order valence-corrected chi connectivity index (χ1v) is 7.22. The normalized spacial score (nSPS) is 11.1. The van der Waals surface area contributed by atoms with Crippen molar-refractivity contribution in [2.75, 3.05) is 0 Å². The molecule has 2 heteroatoms. The molecule has 0 unspecified atom stereocenters. The third kappa shape index (κ3) is 2.07. The van der Waals surface area contributed by atoms with Crippen LogP contribution in [0.1, 0.15) is 0 Å². The summed E-state index contributed by atoms with van der Waals surface area (Å²) in [6.07, 6.45) is 3.66. The number of benzene rings is 3. The Morgan fingerprint density at radius 1 is 0.714 bits per heavy atom. The second kappa shape index (κ2) is 4.87. The van der Waals surface area contributed by atoms with Crippen molar-refractivity contribution in [3.8, 4) is 11.1 Å². The molecule has 100 valence electrons. The van der Waals surface area contributed by atoms with Crippen molar-refractivity contribution in [3.05, 3.63) is 78.1 Å². The van der Waals surface area contributed by atoms with Gasteiger partial charge in [0.15, 0.2) is 0 Å². The average Bonchev–Trinajstić information content (AvgIpc) is 2.55. The molecule has 0 atom stereocenters. The van der Waals surface area contributed by atoms with Crippen LogP contribution >= 0.6 is 11.6 Å². The smallest absolute Gasteiger partial charge is 0.0412 e. The monoisotopic (exact) mass is 289 g/mol. The quantitative estimate of drug-likeness (QED) is 0.409. The first-order valence-electron chi connectivity index (χ1n) is 6.84. The zero-order valence-corrected chi connectivity index (χ0v) is 12.0. The van der Waals surface area contributed by atoms with Crippen molar-refractivity contribution in [2.24, 2.45) is 0 Å². The van der Waals surface area contributed by atoms with E-state index in [1.54, 1.807) is 0 Å². The Hall–Kier alpha value is -2.38. The predicted molar refractivity (Wildman–Crippen MR) is 89.7 cm³/mol. The summed E-state index contributed by atoms with van der Waals surface area (Å²) in [4.78, 5) is 4.11. The zero-order valence-electron chi connectivity index (χ0n) is 11.3. The average molecular weight is 290 g/mol. The van der Waals surface area contributed by atoms with E-state index in [-0.39, 0.29) is 0 Å². The molecule has 0 spiro atoms. The minimum absolute atomic E-state index is 0.768. The predicted octanol–water partition coefficient (Wildman–Crippen LogP) is 5.71. The van der Waals surface area contributed by atoms with E-state index in [0.29, 0.717) is 0 Å². The number of rotatable bonds is 1. The maximum Gasteiger partial charge on any atom is 0.0412 e. The molecule has 1 aromatic heterocycles. The molecule has 1 nitrogen and oxygen atoms in total. The number of hydrogen-bond donors (Lipinski definition) is 0. The molecule has 1 heterocycles. The molecular weight excluding hydrogens is 278 g/mol. The number of nitrogens with zero attached hydrogens (tertiary/aromatic N) is 1. The van der Waals surface area contributed by atoms with Gasteiger partial charge in [0.25, 0.3) is 0 Å².